The normalized spacial score (nSPS) is 10.3. The summed E-state index contributed by atoms with van der Waals surface area (Å²) in [4.78, 5) is 19.3. The van der Waals surface area contributed by atoms with Crippen LogP contribution in [-0.4, -0.2) is 32.7 Å². The third-order valence-corrected chi connectivity index (χ3v) is 2.77. The third-order valence-electron chi connectivity index (χ3n) is 1.63. The highest BCUT2D eigenvalue weighted by atomic mass is 79.9. The quantitative estimate of drug-likeness (QED) is 0.620. The van der Waals surface area contributed by atoms with Gasteiger partial charge in [0.2, 0.25) is 0 Å². The molecule has 7 nitrogen and oxygen atoms in total. The summed E-state index contributed by atoms with van der Waals surface area (Å²) in [7, 11) is 0. The number of nitrogens with zero attached hydrogens (tertiary/aromatic N) is 4. The second kappa shape index (κ2) is 5.91. The summed E-state index contributed by atoms with van der Waals surface area (Å²) in [6.45, 7) is 1.94. The van der Waals surface area contributed by atoms with Crippen LogP contribution in [0, 0.1) is 0 Å². The molecule has 0 saturated carbocycles. The lowest BCUT2D eigenvalue weighted by molar-refractivity contribution is 0.0475. The molecule has 0 aliphatic carbocycles. The molecular formula is C9H7BrN4O3S. The Morgan fingerprint density at radius 2 is 2.17 bits per heavy atom. The van der Waals surface area contributed by atoms with E-state index in [1.54, 1.807) is 19.3 Å². The fourth-order valence-corrected chi connectivity index (χ4v) is 1.73. The molecule has 0 aliphatic rings. The van der Waals surface area contributed by atoms with Crippen molar-refractivity contribution in [3.63, 3.8) is 0 Å². The van der Waals surface area contributed by atoms with Gasteiger partial charge in [-0.25, -0.2) is 14.8 Å². The number of carbonyl (C=O) groups is 1. The zero-order valence-corrected chi connectivity index (χ0v) is 11.6. The lowest BCUT2D eigenvalue weighted by Crippen LogP contribution is -2.04. The fraction of sp³-hybridized carbons (Fsp3) is 0.222. The lowest BCUT2D eigenvalue weighted by Gasteiger charge is -1.95. The first kappa shape index (κ1) is 13.0. The summed E-state index contributed by atoms with van der Waals surface area (Å²) in [5.74, 6) is -0.829. The Bertz CT molecular complexity index is 545. The molecule has 94 valence electrons. The van der Waals surface area contributed by atoms with Crippen molar-refractivity contribution in [2.24, 2.45) is 0 Å². The highest BCUT2D eigenvalue weighted by molar-refractivity contribution is 9.10. The molecule has 0 amide bonds. The minimum atomic E-state index is -0.645. The first-order valence-corrected chi connectivity index (χ1v) is 6.46. The molecule has 9 heteroatoms. The number of rotatable bonds is 4. The predicted octanol–water partition coefficient (Wildman–Crippen LogP) is 1.95. The van der Waals surface area contributed by atoms with Gasteiger partial charge < -0.3 is 9.15 Å². The van der Waals surface area contributed by atoms with Crippen LogP contribution in [0.1, 0.15) is 17.6 Å². The van der Waals surface area contributed by atoms with E-state index in [2.05, 4.69) is 36.1 Å². The number of ether oxygens (including phenoxy) is 1. The van der Waals surface area contributed by atoms with Crippen LogP contribution in [0.5, 0.6) is 0 Å². The Labute approximate surface area is 114 Å². The largest absolute Gasteiger partial charge is 0.459 e. The molecular weight excluding hydrogens is 324 g/mol. The van der Waals surface area contributed by atoms with Crippen LogP contribution < -0.4 is 0 Å². The van der Waals surface area contributed by atoms with Gasteiger partial charge in [0, 0.05) is 24.2 Å². The molecule has 2 rings (SSSR count). The minimum Gasteiger partial charge on any atom is -0.459 e. The van der Waals surface area contributed by atoms with Gasteiger partial charge in [0.25, 0.3) is 5.22 Å². The molecule has 0 radical (unpaired) electrons. The van der Waals surface area contributed by atoms with Crippen molar-refractivity contribution in [1.82, 2.24) is 20.2 Å². The summed E-state index contributed by atoms with van der Waals surface area (Å²) in [5.41, 5.74) is 0. The molecule has 0 unspecified atom stereocenters. The van der Waals surface area contributed by atoms with E-state index in [1.165, 1.54) is 0 Å². The maximum absolute atomic E-state index is 11.3. The van der Waals surface area contributed by atoms with Crippen LogP contribution in [0.4, 0.5) is 0 Å². The van der Waals surface area contributed by atoms with E-state index in [-0.39, 0.29) is 17.7 Å². The summed E-state index contributed by atoms with van der Waals surface area (Å²) in [5, 5.41) is 7.89. The molecule has 2 aromatic heterocycles. The van der Waals surface area contributed by atoms with Crippen molar-refractivity contribution >= 4 is 33.7 Å². The van der Waals surface area contributed by atoms with Gasteiger partial charge >= 0.3 is 11.9 Å². The maximum Gasteiger partial charge on any atom is 0.396 e. The van der Waals surface area contributed by atoms with Crippen LogP contribution in [0.3, 0.4) is 0 Å². The smallest absolute Gasteiger partial charge is 0.396 e. The van der Waals surface area contributed by atoms with Gasteiger partial charge in [-0.1, -0.05) is 5.10 Å². The molecule has 18 heavy (non-hydrogen) atoms. The van der Waals surface area contributed by atoms with Gasteiger partial charge in [-0.3, -0.25) is 0 Å². The lowest BCUT2D eigenvalue weighted by atomic mass is 10.7. The molecule has 0 fully saturated rings. The van der Waals surface area contributed by atoms with Crippen molar-refractivity contribution in [2.45, 2.75) is 17.3 Å². The van der Waals surface area contributed by atoms with Crippen LogP contribution >= 0.6 is 27.7 Å². The highest BCUT2D eigenvalue weighted by Crippen LogP contribution is 2.23. The second-order valence-electron chi connectivity index (χ2n) is 2.88. The summed E-state index contributed by atoms with van der Waals surface area (Å²) in [6.07, 6.45) is 3.19. The Morgan fingerprint density at radius 1 is 1.44 bits per heavy atom. The number of carbonyl (C=O) groups excluding carboxylic acids is 1. The van der Waals surface area contributed by atoms with Gasteiger partial charge in [-0.2, -0.15) is 0 Å². The number of esters is 1. The van der Waals surface area contributed by atoms with Gasteiger partial charge in [0.05, 0.1) is 11.1 Å². The number of halogens is 1. The molecule has 0 N–H and O–H groups in total. The highest BCUT2D eigenvalue weighted by Gasteiger charge is 2.17. The van der Waals surface area contributed by atoms with Gasteiger partial charge in [-0.05, 0) is 22.9 Å². The summed E-state index contributed by atoms with van der Waals surface area (Å²) in [6, 6.07) is 0. The molecule has 0 saturated heterocycles. The van der Waals surface area contributed by atoms with Crippen LogP contribution in [0.25, 0.3) is 0 Å². The van der Waals surface area contributed by atoms with Crippen molar-refractivity contribution in [3.05, 3.63) is 22.8 Å². The average Bonchev–Trinajstić information content (AvgIpc) is 2.81. The Hall–Kier alpha value is -1.48. The average molecular weight is 331 g/mol. The predicted molar refractivity (Wildman–Crippen MR) is 64.1 cm³/mol. The van der Waals surface area contributed by atoms with E-state index < -0.39 is 5.97 Å². The molecule has 0 aliphatic heterocycles. The Kier molecular flexibility index (Phi) is 4.26. The number of aromatic nitrogens is 4. The van der Waals surface area contributed by atoms with Crippen LogP contribution in [-0.2, 0) is 4.74 Å². The fourth-order valence-electron chi connectivity index (χ4n) is 0.958. The molecule has 0 spiro atoms. The van der Waals surface area contributed by atoms with Crippen molar-refractivity contribution in [3.8, 4) is 0 Å². The van der Waals surface area contributed by atoms with Crippen molar-refractivity contribution < 1.29 is 13.9 Å². The summed E-state index contributed by atoms with van der Waals surface area (Å²) >= 11 is 4.29. The zero-order chi connectivity index (χ0) is 13.0. The van der Waals surface area contributed by atoms with Crippen LogP contribution in [0.15, 0.2) is 31.7 Å². The van der Waals surface area contributed by atoms with Gasteiger partial charge in [-0.15, -0.1) is 5.10 Å². The van der Waals surface area contributed by atoms with E-state index in [4.69, 9.17) is 9.15 Å². The van der Waals surface area contributed by atoms with Crippen molar-refractivity contribution in [1.29, 1.82) is 0 Å². The van der Waals surface area contributed by atoms with Crippen molar-refractivity contribution in [2.75, 3.05) is 6.61 Å². The summed E-state index contributed by atoms with van der Waals surface area (Å²) < 4.78 is 10.6. The minimum absolute atomic E-state index is 0.181. The Balaban J connectivity index is 2.06. The number of hydrogen-bond acceptors (Lipinski definition) is 8. The SMILES string of the molecule is CCOC(=O)c1nnc(Sc2ncc(Br)cn2)o1. The van der Waals surface area contributed by atoms with E-state index in [0.29, 0.717) is 5.16 Å². The van der Waals surface area contributed by atoms with E-state index in [0.717, 1.165) is 16.2 Å². The molecule has 0 bridgehead atoms. The zero-order valence-electron chi connectivity index (χ0n) is 9.16. The first-order chi connectivity index (χ1) is 8.69. The molecule has 2 heterocycles. The van der Waals surface area contributed by atoms with E-state index in [1.807, 2.05) is 0 Å². The van der Waals surface area contributed by atoms with Crippen LogP contribution in [0.2, 0.25) is 0 Å². The topological polar surface area (TPSA) is 91.0 Å². The monoisotopic (exact) mass is 330 g/mol. The number of hydrogen-bond donors (Lipinski definition) is 0. The molecule has 2 aromatic rings. The molecule has 0 atom stereocenters. The Morgan fingerprint density at radius 3 is 2.83 bits per heavy atom. The van der Waals surface area contributed by atoms with Gasteiger partial charge in [0.1, 0.15) is 0 Å². The van der Waals surface area contributed by atoms with E-state index in [9.17, 15) is 4.79 Å². The first-order valence-electron chi connectivity index (χ1n) is 4.85. The van der Waals surface area contributed by atoms with E-state index >= 15 is 0 Å². The second-order valence-corrected chi connectivity index (χ2v) is 4.71. The van der Waals surface area contributed by atoms with Gasteiger partial charge in [0.15, 0.2) is 5.16 Å². The molecule has 0 aromatic carbocycles. The standard InChI is InChI=1S/C9H7BrN4O3S/c1-2-16-7(15)6-13-14-9(17-6)18-8-11-3-5(10)4-12-8/h3-4H,2H2,1H3. The third kappa shape index (κ3) is 3.26. The maximum atomic E-state index is 11.3.